The molecule has 0 unspecified atom stereocenters. The van der Waals surface area contributed by atoms with Gasteiger partial charge in [-0.05, 0) is 30.7 Å². The monoisotopic (exact) mass is 420 g/mol. The molecule has 2 aromatic carbocycles. The highest BCUT2D eigenvalue weighted by molar-refractivity contribution is 7.19. The van der Waals surface area contributed by atoms with Crippen LogP contribution in [0.2, 0.25) is 0 Å². The molecule has 0 atom stereocenters. The van der Waals surface area contributed by atoms with Crippen LogP contribution in [0.3, 0.4) is 0 Å². The first-order valence-corrected chi connectivity index (χ1v) is 10.1. The normalized spacial score (nSPS) is 10.9. The van der Waals surface area contributed by atoms with Gasteiger partial charge in [0.25, 0.3) is 5.56 Å². The fourth-order valence-corrected chi connectivity index (χ4v) is 4.46. The van der Waals surface area contributed by atoms with Crippen LogP contribution < -0.4 is 15.0 Å². The minimum absolute atomic E-state index is 0.111. The molecule has 2 aromatic heterocycles. The minimum Gasteiger partial charge on any atom is -0.493 e. The van der Waals surface area contributed by atoms with Gasteiger partial charge in [0.1, 0.15) is 4.83 Å². The van der Waals surface area contributed by atoms with Crippen LogP contribution in [0, 0.1) is 6.92 Å². The molecule has 7 heteroatoms. The number of Topliss-reactive ketones (excluding diaryl/α,β-unsaturated/α-hetero) is 1. The predicted octanol–water partition coefficient (Wildman–Crippen LogP) is 4.33. The van der Waals surface area contributed by atoms with Crippen molar-refractivity contribution in [3.63, 3.8) is 0 Å². The molecule has 0 amide bonds. The Morgan fingerprint density at radius 1 is 1.07 bits per heavy atom. The third-order valence-electron chi connectivity index (χ3n) is 4.94. The molecule has 0 N–H and O–H groups in total. The lowest BCUT2D eigenvalue weighted by Gasteiger charge is -2.10. The van der Waals surface area contributed by atoms with Gasteiger partial charge < -0.3 is 9.47 Å². The molecule has 2 heterocycles. The largest absolute Gasteiger partial charge is 0.493 e. The molecule has 0 saturated heterocycles. The second-order valence-corrected chi connectivity index (χ2v) is 7.95. The van der Waals surface area contributed by atoms with Gasteiger partial charge in [0.2, 0.25) is 0 Å². The highest BCUT2D eigenvalue weighted by Crippen LogP contribution is 2.35. The fourth-order valence-electron chi connectivity index (χ4n) is 3.46. The molecule has 4 rings (SSSR count). The summed E-state index contributed by atoms with van der Waals surface area (Å²) in [7, 11) is 3.05. The van der Waals surface area contributed by atoms with E-state index in [0.717, 1.165) is 16.0 Å². The van der Waals surface area contributed by atoms with Crippen LogP contribution in [0.15, 0.2) is 59.7 Å². The molecular formula is C23H20N2O4S. The molecule has 6 nitrogen and oxygen atoms in total. The summed E-state index contributed by atoms with van der Waals surface area (Å²) in [5.41, 5.74) is 2.05. The summed E-state index contributed by atoms with van der Waals surface area (Å²) >= 11 is 1.48. The summed E-state index contributed by atoms with van der Waals surface area (Å²) in [5.74, 6) is 0.784. The Morgan fingerprint density at radius 3 is 2.50 bits per heavy atom. The van der Waals surface area contributed by atoms with E-state index in [2.05, 4.69) is 4.98 Å². The summed E-state index contributed by atoms with van der Waals surface area (Å²) in [6.07, 6.45) is 1.44. The third-order valence-corrected chi connectivity index (χ3v) is 5.95. The molecule has 0 aliphatic rings. The first-order chi connectivity index (χ1) is 14.5. The van der Waals surface area contributed by atoms with Gasteiger partial charge >= 0.3 is 0 Å². The second kappa shape index (κ2) is 8.12. The van der Waals surface area contributed by atoms with Gasteiger partial charge in [-0.15, -0.1) is 11.3 Å². The molecule has 30 heavy (non-hydrogen) atoms. The first kappa shape index (κ1) is 19.8. The van der Waals surface area contributed by atoms with Crippen molar-refractivity contribution in [3.05, 3.63) is 75.7 Å². The summed E-state index contributed by atoms with van der Waals surface area (Å²) in [4.78, 5) is 32.2. The molecule has 0 radical (unpaired) electrons. The Morgan fingerprint density at radius 2 is 1.80 bits per heavy atom. The molecular weight excluding hydrogens is 400 g/mol. The van der Waals surface area contributed by atoms with E-state index in [9.17, 15) is 9.59 Å². The first-order valence-electron chi connectivity index (χ1n) is 9.32. The zero-order valence-electron chi connectivity index (χ0n) is 16.8. The number of hydrogen-bond donors (Lipinski definition) is 0. The molecule has 0 fully saturated rings. The van der Waals surface area contributed by atoms with Crippen molar-refractivity contribution in [2.45, 2.75) is 13.5 Å². The number of nitrogens with zero attached hydrogens (tertiary/aromatic N) is 2. The lowest BCUT2D eigenvalue weighted by molar-refractivity contribution is 0.0970. The fraction of sp³-hybridized carbons (Fsp3) is 0.174. The van der Waals surface area contributed by atoms with Crippen LogP contribution in [-0.2, 0) is 6.54 Å². The Bertz CT molecular complexity index is 1290. The van der Waals surface area contributed by atoms with Crippen LogP contribution in [0.1, 0.15) is 15.2 Å². The summed E-state index contributed by atoms with van der Waals surface area (Å²) in [5, 5.41) is 0.548. The van der Waals surface area contributed by atoms with Crippen molar-refractivity contribution in [2.75, 3.05) is 14.2 Å². The van der Waals surface area contributed by atoms with Crippen LogP contribution >= 0.6 is 11.3 Å². The quantitative estimate of drug-likeness (QED) is 0.434. The van der Waals surface area contributed by atoms with E-state index < -0.39 is 0 Å². The molecule has 0 saturated carbocycles. The van der Waals surface area contributed by atoms with Crippen LogP contribution in [-0.4, -0.2) is 29.6 Å². The minimum atomic E-state index is -0.225. The van der Waals surface area contributed by atoms with E-state index in [1.165, 1.54) is 36.5 Å². The number of benzene rings is 2. The highest BCUT2D eigenvalue weighted by Gasteiger charge is 2.18. The summed E-state index contributed by atoms with van der Waals surface area (Å²) in [6, 6.07) is 14.7. The van der Waals surface area contributed by atoms with Crippen molar-refractivity contribution < 1.29 is 14.3 Å². The number of aromatic nitrogens is 2. The third kappa shape index (κ3) is 3.48. The number of fused-ring (bicyclic) bond motifs is 1. The van der Waals surface area contributed by atoms with E-state index in [-0.39, 0.29) is 17.9 Å². The van der Waals surface area contributed by atoms with Gasteiger partial charge in [0, 0.05) is 16.0 Å². The maximum absolute atomic E-state index is 13.3. The van der Waals surface area contributed by atoms with E-state index in [0.29, 0.717) is 27.3 Å². The SMILES string of the molecule is COc1ccc(C(=O)Cn2cnc3sc(C)c(-c4ccccc4)c3c2=O)cc1OC. The van der Waals surface area contributed by atoms with Gasteiger partial charge in [-0.3, -0.25) is 14.2 Å². The number of rotatable bonds is 6. The molecule has 0 spiro atoms. The van der Waals surface area contributed by atoms with Crippen molar-refractivity contribution in [1.29, 1.82) is 0 Å². The van der Waals surface area contributed by atoms with Crippen molar-refractivity contribution in [3.8, 4) is 22.6 Å². The van der Waals surface area contributed by atoms with E-state index in [1.807, 2.05) is 37.3 Å². The predicted molar refractivity (Wildman–Crippen MR) is 118 cm³/mol. The maximum Gasteiger partial charge on any atom is 0.263 e. The molecule has 4 aromatic rings. The van der Waals surface area contributed by atoms with Gasteiger partial charge in [-0.2, -0.15) is 0 Å². The molecule has 0 aliphatic heterocycles. The van der Waals surface area contributed by atoms with E-state index >= 15 is 0 Å². The number of carbonyl (C=O) groups is 1. The number of methoxy groups -OCH3 is 2. The van der Waals surface area contributed by atoms with Crippen molar-refractivity contribution >= 4 is 27.3 Å². The Balaban J connectivity index is 1.75. The van der Waals surface area contributed by atoms with Gasteiger partial charge in [-0.25, -0.2) is 4.98 Å². The van der Waals surface area contributed by atoms with E-state index in [4.69, 9.17) is 9.47 Å². The number of hydrogen-bond acceptors (Lipinski definition) is 6. The Labute approximate surface area is 177 Å². The van der Waals surface area contributed by atoms with E-state index in [1.54, 1.807) is 18.2 Å². The summed E-state index contributed by atoms with van der Waals surface area (Å²) in [6.45, 7) is 1.87. The van der Waals surface area contributed by atoms with Crippen LogP contribution in [0.5, 0.6) is 11.5 Å². The maximum atomic E-state index is 13.3. The van der Waals surface area contributed by atoms with Gasteiger partial charge in [-0.1, -0.05) is 30.3 Å². The number of thiophene rings is 1. The molecule has 152 valence electrons. The van der Waals surface area contributed by atoms with Crippen LogP contribution in [0.25, 0.3) is 21.3 Å². The lowest BCUT2D eigenvalue weighted by atomic mass is 10.0. The Hall–Kier alpha value is -3.45. The second-order valence-electron chi connectivity index (χ2n) is 6.75. The topological polar surface area (TPSA) is 70.4 Å². The average molecular weight is 420 g/mol. The number of ketones is 1. The summed E-state index contributed by atoms with van der Waals surface area (Å²) < 4.78 is 11.8. The smallest absolute Gasteiger partial charge is 0.263 e. The highest BCUT2D eigenvalue weighted by atomic mass is 32.1. The average Bonchev–Trinajstić information content (AvgIpc) is 3.12. The van der Waals surface area contributed by atoms with Crippen LogP contribution in [0.4, 0.5) is 0 Å². The Kier molecular flexibility index (Phi) is 5.37. The molecule has 0 bridgehead atoms. The number of carbonyl (C=O) groups excluding carboxylic acids is 1. The standard InChI is InChI=1S/C23H20N2O4S/c1-14-20(15-7-5-4-6-8-15)21-22(30-14)24-13-25(23(21)27)12-17(26)16-9-10-18(28-2)19(11-16)29-3/h4-11,13H,12H2,1-3H3. The van der Waals surface area contributed by atoms with Crippen molar-refractivity contribution in [2.24, 2.45) is 0 Å². The van der Waals surface area contributed by atoms with Gasteiger partial charge in [0.05, 0.1) is 32.5 Å². The number of ether oxygens (including phenoxy) is 2. The molecule has 0 aliphatic carbocycles. The zero-order chi connectivity index (χ0) is 21.3. The van der Waals surface area contributed by atoms with Gasteiger partial charge in [0.15, 0.2) is 17.3 Å². The number of aryl methyl sites for hydroxylation is 1. The zero-order valence-corrected chi connectivity index (χ0v) is 17.7. The van der Waals surface area contributed by atoms with Crippen molar-refractivity contribution in [1.82, 2.24) is 9.55 Å². The lowest BCUT2D eigenvalue weighted by Crippen LogP contribution is -2.24.